The molecule has 0 fully saturated rings. The summed E-state index contributed by atoms with van der Waals surface area (Å²) in [6, 6.07) is 5.37. The Kier molecular flexibility index (Phi) is 3.19. The molecule has 0 radical (unpaired) electrons. The minimum atomic E-state index is -0.133. The first-order valence-corrected chi connectivity index (χ1v) is 5.49. The molecular formula is C11H10Cl2N2O. The van der Waals surface area contributed by atoms with Crippen LogP contribution in [0.4, 0.5) is 0 Å². The average molecular weight is 257 g/mol. The molecule has 2 rings (SSSR count). The van der Waals surface area contributed by atoms with E-state index >= 15 is 0 Å². The van der Waals surface area contributed by atoms with Crippen LogP contribution in [0.25, 0.3) is 5.69 Å². The number of aromatic nitrogens is 2. The van der Waals surface area contributed by atoms with Crippen LogP contribution < -0.4 is 0 Å². The van der Waals surface area contributed by atoms with Crippen molar-refractivity contribution in [2.24, 2.45) is 0 Å². The second kappa shape index (κ2) is 4.45. The molecule has 0 bridgehead atoms. The molecule has 0 atom stereocenters. The van der Waals surface area contributed by atoms with E-state index in [0.29, 0.717) is 15.6 Å². The first-order valence-electron chi connectivity index (χ1n) is 4.74. The molecule has 0 aliphatic carbocycles. The van der Waals surface area contributed by atoms with Crippen LogP contribution in [0.2, 0.25) is 10.0 Å². The molecule has 0 aliphatic heterocycles. The Balaban J connectivity index is 2.59. The lowest BCUT2D eigenvalue weighted by molar-refractivity contribution is 0.281. The molecule has 0 saturated carbocycles. The molecule has 5 heteroatoms. The van der Waals surface area contributed by atoms with Gasteiger partial charge in [0.25, 0.3) is 0 Å². The Bertz CT molecular complexity index is 503. The Labute approximate surface area is 103 Å². The lowest BCUT2D eigenvalue weighted by Crippen LogP contribution is -2.01. The van der Waals surface area contributed by atoms with E-state index in [2.05, 4.69) is 5.10 Å². The number of aliphatic hydroxyl groups is 1. The van der Waals surface area contributed by atoms with Crippen LogP contribution in [0.3, 0.4) is 0 Å². The quantitative estimate of drug-likeness (QED) is 0.898. The van der Waals surface area contributed by atoms with Crippen LogP contribution in [-0.2, 0) is 6.61 Å². The summed E-state index contributed by atoms with van der Waals surface area (Å²) in [5.41, 5.74) is 2.12. The van der Waals surface area contributed by atoms with Crippen molar-refractivity contribution in [3.05, 3.63) is 45.7 Å². The fourth-order valence-corrected chi connectivity index (χ4v) is 1.84. The number of aryl methyl sites for hydroxylation is 1. The molecule has 1 heterocycles. The Morgan fingerprint density at radius 1 is 1.31 bits per heavy atom. The van der Waals surface area contributed by atoms with E-state index in [1.807, 2.05) is 19.1 Å². The third-order valence-electron chi connectivity index (χ3n) is 2.34. The molecule has 1 N–H and O–H groups in total. The molecule has 0 amide bonds. The zero-order valence-corrected chi connectivity index (χ0v) is 10.1. The summed E-state index contributed by atoms with van der Waals surface area (Å²) in [5.74, 6) is 0. The lowest BCUT2D eigenvalue weighted by Gasteiger charge is -2.08. The van der Waals surface area contributed by atoms with Crippen molar-refractivity contribution < 1.29 is 5.11 Å². The highest BCUT2D eigenvalue weighted by atomic mass is 35.5. The van der Waals surface area contributed by atoms with Gasteiger partial charge in [0.05, 0.1) is 23.0 Å². The Hall–Kier alpha value is -1.03. The number of rotatable bonds is 2. The highest BCUT2D eigenvalue weighted by Gasteiger charge is 2.10. The number of hydrogen-bond acceptors (Lipinski definition) is 2. The van der Waals surface area contributed by atoms with Crippen molar-refractivity contribution in [3.8, 4) is 5.69 Å². The van der Waals surface area contributed by atoms with Crippen LogP contribution in [0.15, 0.2) is 24.4 Å². The van der Waals surface area contributed by atoms with Gasteiger partial charge in [0.2, 0.25) is 0 Å². The number of halogens is 2. The van der Waals surface area contributed by atoms with Gasteiger partial charge in [-0.2, -0.15) is 5.10 Å². The largest absolute Gasteiger partial charge is 0.392 e. The summed E-state index contributed by atoms with van der Waals surface area (Å²) in [6.45, 7) is 1.69. The zero-order valence-electron chi connectivity index (χ0n) is 8.61. The van der Waals surface area contributed by atoms with Gasteiger partial charge >= 0.3 is 0 Å². The highest BCUT2D eigenvalue weighted by Crippen LogP contribution is 2.24. The normalized spacial score (nSPS) is 10.8. The summed E-state index contributed by atoms with van der Waals surface area (Å²) < 4.78 is 1.62. The number of hydrogen-bond donors (Lipinski definition) is 1. The summed E-state index contributed by atoms with van der Waals surface area (Å²) in [5, 5.41) is 14.6. The molecular weight excluding hydrogens is 247 g/mol. The van der Waals surface area contributed by atoms with Gasteiger partial charge in [-0.15, -0.1) is 0 Å². The number of aliphatic hydroxyl groups excluding tert-OH is 1. The standard InChI is InChI=1S/C11H10Cl2N2O/c1-7-10(13)5-15(14-7)11-4-2-3-9(12)8(11)6-16/h2-5,16H,6H2,1H3. The maximum atomic E-state index is 9.28. The number of nitrogens with zero attached hydrogens (tertiary/aromatic N) is 2. The van der Waals surface area contributed by atoms with E-state index in [1.54, 1.807) is 16.9 Å². The van der Waals surface area contributed by atoms with Gasteiger partial charge in [-0.25, -0.2) is 4.68 Å². The molecule has 2 aromatic rings. The van der Waals surface area contributed by atoms with Gasteiger partial charge in [-0.3, -0.25) is 0 Å². The Morgan fingerprint density at radius 3 is 2.62 bits per heavy atom. The van der Waals surface area contributed by atoms with Crippen LogP contribution >= 0.6 is 23.2 Å². The second-order valence-electron chi connectivity index (χ2n) is 3.40. The van der Waals surface area contributed by atoms with E-state index in [1.165, 1.54) is 0 Å². The Morgan fingerprint density at radius 2 is 2.06 bits per heavy atom. The fraction of sp³-hybridized carbons (Fsp3) is 0.182. The number of benzene rings is 1. The van der Waals surface area contributed by atoms with Crippen molar-refractivity contribution in [2.45, 2.75) is 13.5 Å². The maximum absolute atomic E-state index is 9.28. The van der Waals surface area contributed by atoms with Crippen LogP contribution in [-0.4, -0.2) is 14.9 Å². The van der Waals surface area contributed by atoms with Gasteiger partial charge in [-0.05, 0) is 19.1 Å². The molecule has 0 unspecified atom stereocenters. The van der Waals surface area contributed by atoms with Gasteiger partial charge in [0, 0.05) is 16.8 Å². The van der Waals surface area contributed by atoms with Gasteiger partial charge in [0.15, 0.2) is 0 Å². The van der Waals surface area contributed by atoms with Crippen molar-refractivity contribution in [1.82, 2.24) is 9.78 Å². The van der Waals surface area contributed by atoms with Crippen LogP contribution in [0.5, 0.6) is 0 Å². The monoisotopic (exact) mass is 256 g/mol. The van der Waals surface area contributed by atoms with E-state index in [9.17, 15) is 5.11 Å². The predicted octanol–water partition coefficient (Wildman–Crippen LogP) is 2.98. The molecule has 16 heavy (non-hydrogen) atoms. The minimum Gasteiger partial charge on any atom is -0.392 e. The van der Waals surface area contributed by atoms with E-state index < -0.39 is 0 Å². The summed E-state index contributed by atoms with van der Waals surface area (Å²) in [6.07, 6.45) is 1.70. The van der Waals surface area contributed by atoms with Crippen LogP contribution in [0.1, 0.15) is 11.3 Å². The van der Waals surface area contributed by atoms with Gasteiger partial charge in [-0.1, -0.05) is 29.3 Å². The molecule has 0 aliphatic rings. The summed E-state index contributed by atoms with van der Waals surface area (Å²) in [4.78, 5) is 0. The highest BCUT2D eigenvalue weighted by molar-refractivity contribution is 6.31. The molecule has 3 nitrogen and oxygen atoms in total. The van der Waals surface area contributed by atoms with Crippen molar-refractivity contribution >= 4 is 23.2 Å². The maximum Gasteiger partial charge on any atom is 0.0819 e. The van der Waals surface area contributed by atoms with Crippen molar-refractivity contribution in [2.75, 3.05) is 0 Å². The average Bonchev–Trinajstić information content (AvgIpc) is 2.59. The summed E-state index contributed by atoms with van der Waals surface area (Å²) in [7, 11) is 0. The molecule has 84 valence electrons. The lowest BCUT2D eigenvalue weighted by atomic mass is 10.2. The molecule has 1 aromatic heterocycles. The van der Waals surface area contributed by atoms with Crippen LogP contribution in [0, 0.1) is 6.92 Å². The van der Waals surface area contributed by atoms with E-state index in [4.69, 9.17) is 23.2 Å². The van der Waals surface area contributed by atoms with Gasteiger partial charge in [0.1, 0.15) is 0 Å². The topological polar surface area (TPSA) is 38.0 Å². The SMILES string of the molecule is Cc1nn(-c2cccc(Cl)c2CO)cc1Cl. The van der Waals surface area contributed by atoms with E-state index in [0.717, 1.165) is 11.4 Å². The second-order valence-corrected chi connectivity index (χ2v) is 4.22. The minimum absolute atomic E-state index is 0.133. The predicted molar refractivity (Wildman–Crippen MR) is 64.2 cm³/mol. The van der Waals surface area contributed by atoms with Crippen molar-refractivity contribution in [3.63, 3.8) is 0 Å². The zero-order chi connectivity index (χ0) is 11.7. The molecule has 0 spiro atoms. The first-order chi connectivity index (χ1) is 7.63. The summed E-state index contributed by atoms with van der Waals surface area (Å²) >= 11 is 11.9. The third-order valence-corrected chi connectivity index (χ3v) is 3.06. The third kappa shape index (κ3) is 1.94. The molecule has 1 aromatic carbocycles. The first kappa shape index (κ1) is 11.5. The van der Waals surface area contributed by atoms with E-state index in [-0.39, 0.29) is 6.61 Å². The van der Waals surface area contributed by atoms with Crippen molar-refractivity contribution in [1.29, 1.82) is 0 Å². The van der Waals surface area contributed by atoms with Gasteiger partial charge < -0.3 is 5.11 Å². The smallest absolute Gasteiger partial charge is 0.0819 e. The fourth-order valence-electron chi connectivity index (χ4n) is 1.48. The molecule has 0 saturated heterocycles.